The van der Waals surface area contributed by atoms with Crippen molar-refractivity contribution in [2.45, 2.75) is 19.9 Å². The summed E-state index contributed by atoms with van der Waals surface area (Å²) in [5.74, 6) is -0.0712. The fraction of sp³-hybridized carbons (Fsp3) is 0.556. The molecule has 0 bridgehead atoms. The molecule has 1 atom stereocenters. The van der Waals surface area contributed by atoms with E-state index in [1.54, 1.807) is 12.4 Å². The van der Waals surface area contributed by atoms with Gasteiger partial charge in [0.15, 0.2) is 0 Å². The molecule has 0 aliphatic rings. The van der Waals surface area contributed by atoms with Crippen molar-refractivity contribution in [2.24, 2.45) is 11.7 Å². The van der Waals surface area contributed by atoms with Crippen LogP contribution in [0.15, 0.2) is 12.4 Å². The number of hydrogen-bond acceptors (Lipinski definition) is 3. The number of nitrogens with zero attached hydrogens (tertiary/aromatic N) is 1. The second-order valence-corrected chi connectivity index (χ2v) is 3.17. The number of amides is 1. The van der Waals surface area contributed by atoms with Gasteiger partial charge in [-0.2, -0.15) is 5.10 Å². The van der Waals surface area contributed by atoms with Gasteiger partial charge in [-0.1, -0.05) is 6.92 Å². The number of nitrogens with two attached hydrogens (primary N) is 1. The van der Waals surface area contributed by atoms with Gasteiger partial charge in [-0.25, -0.2) is 0 Å². The van der Waals surface area contributed by atoms with E-state index in [1.807, 2.05) is 6.92 Å². The minimum Gasteiger partial charge on any atom is -0.352 e. The summed E-state index contributed by atoms with van der Waals surface area (Å²) in [6, 6.07) is 0. The van der Waals surface area contributed by atoms with E-state index in [1.165, 1.54) is 0 Å². The van der Waals surface area contributed by atoms with Crippen molar-refractivity contribution >= 4 is 5.91 Å². The van der Waals surface area contributed by atoms with Crippen molar-refractivity contribution in [1.82, 2.24) is 15.5 Å². The van der Waals surface area contributed by atoms with Gasteiger partial charge in [0.1, 0.15) is 0 Å². The standard InChI is InChI=1S/C9H16N4O/c1-2-8(3-10)9(14)11-4-7-5-12-13-6-7/h5-6,8H,2-4,10H2,1H3,(H,11,14)(H,12,13). The SMILES string of the molecule is CCC(CN)C(=O)NCc1cn[nH]c1. The predicted octanol–water partition coefficient (Wildman–Crippen LogP) is 0.0108. The fourth-order valence-electron chi connectivity index (χ4n) is 1.17. The van der Waals surface area contributed by atoms with Gasteiger partial charge in [0.2, 0.25) is 5.91 Å². The third-order valence-electron chi connectivity index (χ3n) is 2.17. The summed E-state index contributed by atoms with van der Waals surface area (Å²) in [5.41, 5.74) is 6.42. The zero-order chi connectivity index (χ0) is 10.4. The Labute approximate surface area is 83.1 Å². The molecule has 1 rings (SSSR count). The lowest BCUT2D eigenvalue weighted by Gasteiger charge is -2.11. The van der Waals surface area contributed by atoms with Gasteiger partial charge in [0.25, 0.3) is 0 Å². The molecule has 0 aromatic carbocycles. The molecule has 0 radical (unpaired) electrons. The summed E-state index contributed by atoms with van der Waals surface area (Å²) in [4.78, 5) is 11.5. The summed E-state index contributed by atoms with van der Waals surface area (Å²) in [6.45, 7) is 2.86. The third kappa shape index (κ3) is 2.85. The van der Waals surface area contributed by atoms with Gasteiger partial charge < -0.3 is 11.1 Å². The van der Waals surface area contributed by atoms with Crippen molar-refractivity contribution in [3.8, 4) is 0 Å². The lowest BCUT2D eigenvalue weighted by Crippen LogP contribution is -2.34. The largest absolute Gasteiger partial charge is 0.352 e. The van der Waals surface area contributed by atoms with Crippen molar-refractivity contribution in [1.29, 1.82) is 0 Å². The highest BCUT2D eigenvalue weighted by Crippen LogP contribution is 2.00. The first-order valence-corrected chi connectivity index (χ1v) is 4.73. The summed E-state index contributed by atoms with van der Waals surface area (Å²) in [7, 11) is 0. The van der Waals surface area contributed by atoms with Crippen molar-refractivity contribution in [3.63, 3.8) is 0 Å². The van der Waals surface area contributed by atoms with Gasteiger partial charge in [-0.3, -0.25) is 9.89 Å². The van der Waals surface area contributed by atoms with E-state index in [9.17, 15) is 4.79 Å². The first-order chi connectivity index (χ1) is 6.77. The van der Waals surface area contributed by atoms with Crippen molar-refractivity contribution in [2.75, 3.05) is 6.54 Å². The molecular formula is C9H16N4O. The molecule has 0 spiro atoms. The van der Waals surface area contributed by atoms with Crippen LogP contribution < -0.4 is 11.1 Å². The highest BCUT2D eigenvalue weighted by Gasteiger charge is 2.13. The summed E-state index contributed by atoms with van der Waals surface area (Å²) in [6.07, 6.45) is 4.21. The molecule has 1 aromatic rings. The fourth-order valence-corrected chi connectivity index (χ4v) is 1.17. The maximum atomic E-state index is 11.5. The van der Waals surface area contributed by atoms with Gasteiger partial charge in [0.05, 0.1) is 6.20 Å². The van der Waals surface area contributed by atoms with Crippen LogP contribution in [0.4, 0.5) is 0 Å². The van der Waals surface area contributed by atoms with Crippen LogP contribution in [0.3, 0.4) is 0 Å². The highest BCUT2D eigenvalue weighted by molar-refractivity contribution is 5.78. The Morgan fingerprint density at radius 2 is 2.57 bits per heavy atom. The smallest absolute Gasteiger partial charge is 0.224 e. The normalized spacial score (nSPS) is 12.4. The molecule has 0 saturated carbocycles. The van der Waals surface area contributed by atoms with Crippen molar-refractivity contribution in [3.05, 3.63) is 18.0 Å². The monoisotopic (exact) mass is 196 g/mol. The lowest BCUT2D eigenvalue weighted by molar-refractivity contribution is -0.124. The van der Waals surface area contributed by atoms with Crippen LogP contribution in [0.2, 0.25) is 0 Å². The minimum absolute atomic E-state index is 0.0104. The van der Waals surface area contributed by atoms with Gasteiger partial charge in [-0.15, -0.1) is 0 Å². The van der Waals surface area contributed by atoms with Gasteiger partial charge >= 0.3 is 0 Å². The zero-order valence-electron chi connectivity index (χ0n) is 8.29. The number of aromatic amines is 1. The van der Waals surface area contributed by atoms with Crippen LogP contribution in [-0.4, -0.2) is 22.6 Å². The van der Waals surface area contributed by atoms with E-state index in [4.69, 9.17) is 5.73 Å². The zero-order valence-corrected chi connectivity index (χ0v) is 8.29. The van der Waals surface area contributed by atoms with Crippen LogP contribution >= 0.6 is 0 Å². The minimum atomic E-state index is -0.0816. The first-order valence-electron chi connectivity index (χ1n) is 4.73. The van der Waals surface area contributed by atoms with E-state index in [-0.39, 0.29) is 11.8 Å². The van der Waals surface area contributed by atoms with Gasteiger partial charge in [0, 0.05) is 30.8 Å². The Bertz CT molecular complexity index is 266. The number of carbonyl (C=O) groups excluding carboxylic acids is 1. The Morgan fingerprint density at radius 1 is 1.79 bits per heavy atom. The topological polar surface area (TPSA) is 83.8 Å². The number of rotatable bonds is 5. The van der Waals surface area contributed by atoms with Gasteiger partial charge in [-0.05, 0) is 6.42 Å². The number of carbonyl (C=O) groups is 1. The Balaban J connectivity index is 2.34. The molecule has 1 amide bonds. The average Bonchev–Trinajstić information content (AvgIpc) is 2.69. The molecule has 1 unspecified atom stereocenters. The van der Waals surface area contributed by atoms with E-state index in [2.05, 4.69) is 15.5 Å². The molecule has 0 saturated heterocycles. The summed E-state index contributed by atoms with van der Waals surface area (Å²) >= 11 is 0. The number of H-pyrrole nitrogens is 1. The van der Waals surface area contributed by atoms with Crippen LogP contribution in [0.5, 0.6) is 0 Å². The lowest BCUT2D eigenvalue weighted by atomic mass is 10.1. The second kappa shape index (κ2) is 5.39. The maximum absolute atomic E-state index is 11.5. The van der Waals surface area contributed by atoms with Crippen LogP contribution in [0.25, 0.3) is 0 Å². The average molecular weight is 196 g/mol. The highest BCUT2D eigenvalue weighted by atomic mass is 16.1. The Hall–Kier alpha value is -1.36. The molecule has 78 valence electrons. The van der Waals surface area contributed by atoms with E-state index in [0.717, 1.165) is 12.0 Å². The molecule has 1 aromatic heterocycles. The van der Waals surface area contributed by atoms with Crippen LogP contribution in [-0.2, 0) is 11.3 Å². The van der Waals surface area contributed by atoms with E-state index in [0.29, 0.717) is 13.1 Å². The van der Waals surface area contributed by atoms with E-state index < -0.39 is 0 Å². The summed E-state index contributed by atoms with van der Waals surface area (Å²) in [5, 5.41) is 9.28. The quantitative estimate of drug-likeness (QED) is 0.620. The summed E-state index contributed by atoms with van der Waals surface area (Å²) < 4.78 is 0. The molecule has 0 aliphatic heterocycles. The molecule has 0 fully saturated rings. The maximum Gasteiger partial charge on any atom is 0.224 e. The van der Waals surface area contributed by atoms with E-state index >= 15 is 0 Å². The van der Waals surface area contributed by atoms with Crippen molar-refractivity contribution < 1.29 is 4.79 Å². The molecule has 1 heterocycles. The molecule has 4 N–H and O–H groups in total. The molecule has 0 aliphatic carbocycles. The Kier molecular flexibility index (Phi) is 4.12. The first kappa shape index (κ1) is 10.7. The van der Waals surface area contributed by atoms with Crippen LogP contribution in [0, 0.1) is 5.92 Å². The molecule has 5 heteroatoms. The number of aromatic nitrogens is 2. The molecular weight excluding hydrogens is 180 g/mol. The van der Waals surface area contributed by atoms with Crippen LogP contribution in [0.1, 0.15) is 18.9 Å². The third-order valence-corrected chi connectivity index (χ3v) is 2.17. The molecule has 14 heavy (non-hydrogen) atoms. The number of hydrogen-bond donors (Lipinski definition) is 3. The second-order valence-electron chi connectivity index (χ2n) is 3.17. The number of nitrogens with one attached hydrogen (secondary N) is 2. The predicted molar refractivity (Wildman–Crippen MR) is 53.3 cm³/mol. The molecule has 5 nitrogen and oxygen atoms in total. The Morgan fingerprint density at radius 3 is 3.07 bits per heavy atom.